The highest BCUT2D eigenvalue weighted by Crippen LogP contribution is 2.38. The molecular formula is C19H28N2O3. The van der Waals surface area contributed by atoms with Crippen molar-refractivity contribution in [1.82, 2.24) is 9.88 Å². The number of likely N-dealkylation sites (tertiary alicyclic amines) is 1. The Morgan fingerprint density at radius 1 is 1.21 bits per heavy atom. The van der Waals surface area contributed by atoms with Crippen LogP contribution in [0.4, 0.5) is 0 Å². The topological polar surface area (TPSA) is 43.8 Å². The molecule has 0 aromatic carbocycles. The van der Waals surface area contributed by atoms with E-state index in [1.807, 2.05) is 12.4 Å². The van der Waals surface area contributed by atoms with Crippen LogP contribution in [0.3, 0.4) is 0 Å². The third kappa shape index (κ3) is 3.64. The molecule has 5 nitrogen and oxygen atoms in total. The SMILES string of the molecule is Cc1cncc(CO[C@@H]2CCOC3(C2)CN(C2CCOCC2)C3)c1. The average Bonchev–Trinajstić information content (AvgIpc) is 2.59. The summed E-state index contributed by atoms with van der Waals surface area (Å²) < 4.78 is 17.8. The lowest BCUT2D eigenvalue weighted by molar-refractivity contribution is -0.210. The smallest absolute Gasteiger partial charge is 0.0959 e. The lowest BCUT2D eigenvalue weighted by Gasteiger charge is -2.56. The number of rotatable bonds is 4. The van der Waals surface area contributed by atoms with E-state index in [1.54, 1.807) is 0 Å². The van der Waals surface area contributed by atoms with Crippen LogP contribution in [0.25, 0.3) is 0 Å². The molecule has 1 spiro atoms. The van der Waals surface area contributed by atoms with Gasteiger partial charge >= 0.3 is 0 Å². The molecule has 4 rings (SSSR count). The Balaban J connectivity index is 1.27. The molecule has 24 heavy (non-hydrogen) atoms. The number of aryl methyl sites for hydroxylation is 1. The highest BCUT2D eigenvalue weighted by molar-refractivity contribution is 5.15. The molecule has 0 aliphatic carbocycles. The van der Waals surface area contributed by atoms with E-state index < -0.39 is 0 Å². The van der Waals surface area contributed by atoms with Gasteiger partial charge in [0, 0.05) is 57.8 Å². The summed E-state index contributed by atoms with van der Waals surface area (Å²) in [4.78, 5) is 6.82. The van der Waals surface area contributed by atoms with E-state index in [1.165, 1.54) is 5.56 Å². The molecule has 4 heterocycles. The van der Waals surface area contributed by atoms with Crippen molar-refractivity contribution in [2.45, 2.75) is 57.0 Å². The first kappa shape index (κ1) is 16.5. The van der Waals surface area contributed by atoms with Crippen LogP contribution in [0.1, 0.15) is 36.8 Å². The number of ether oxygens (including phenoxy) is 3. The van der Waals surface area contributed by atoms with Crippen molar-refractivity contribution in [2.75, 3.05) is 32.9 Å². The molecule has 3 fully saturated rings. The van der Waals surface area contributed by atoms with Gasteiger partial charge in [0.1, 0.15) is 0 Å². The maximum Gasteiger partial charge on any atom is 0.0959 e. The van der Waals surface area contributed by atoms with Crippen molar-refractivity contribution in [3.8, 4) is 0 Å². The molecule has 3 saturated heterocycles. The van der Waals surface area contributed by atoms with E-state index in [4.69, 9.17) is 14.2 Å². The molecule has 0 bridgehead atoms. The summed E-state index contributed by atoms with van der Waals surface area (Å²) in [5.41, 5.74) is 2.38. The van der Waals surface area contributed by atoms with Crippen LogP contribution in [0.2, 0.25) is 0 Å². The van der Waals surface area contributed by atoms with Crippen LogP contribution in [-0.4, -0.2) is 60.5 Å². The van der Waals surface area contributed by atoms with Gasteiger partial charge in [0.15, 0.2) is 0 Å². The molecule has 0 saturated carbocycles. The van der Waals surface area contributed by atoms with Crippen LogP contribution in [0, 0.1) is 6.92 Å². The first-order valence-electron chi connectivity index (χ1n) is 9.20. The third-order valence-electron chi connectivity index (χ3n) is 5.55. The second-order valence-electron chi connectivity index (χ2n) is 7.58. The fourth-order valence-corrected chi connectivity index (χ4v) is 4.26. The van der Waals surface area contributed by atoms with Crippen molar-refractivity contribution in [1.29, 1.82) is 0 Å². The minimum absolute atomic E-state index is 0.0338. The van der Waals surface area contributed by atoms with Crippen molar-refractivity contribution in [2.24, 2.45) is 0 Å². The van der Waals surface area contributed by atoms with Gasteiger partial charge in [0.05, 0.1) is 18.3 Å². The van der Waals surface area contributed by atoms with Gasteiger partial charge in [0.2, 0.25) is 0 Å². The summed E-state index contributed by atoms with van der Waals surface area (Å²) in [7, 11) is 0. The van der Waals surface area contributed by atoms with Crippen molar-refractivity contribution in [3.05, 3.63) is 29.6 Å². The Kier molecular flexibility index (Phi) is 4.86. The number of hydrogen-bond donors (Lipinski definition) is 0. The second kappa shape index (κ2) is 7.08. The van der Waals surface area contributed by atoms with Gasteiger partial charge in [-0.3, -0.25) is 9.88 Å². The Bertz CT molecular complexity index is 553. The number of aromatic nitrogens is 1. The zero-order valence-electron chi connectivity index (χ0n) is 14.6. The molecule has 1 aromatic heterocycles. The summed E-state index contributed by atoms with van der Waals surface area (Å²) in [5, 5.41) is 0. The normalized spacial score (nSPS) is 28.0. The van der Waals surface area contributed by atoms with E-state index >= 15 is 0 Å². The summed E-state index contributed by atoms with van der Waals surface area (Å²) in [6.45, 7) is 7.47. The molecule has 3 aliphatic heterocycles. The molecule has 0 radical (unpaired) electrons. The second-order valence-corrected chi connectivity index (χ2v) is 7.58. The summed E-state index contributed by atoms with van der Waals surface area (Å²) in [6.07, 6.45) is 8.43. The Morgan fingerprint density at radius 3 is 2.83 bits per heavy atom. The van der Waals surface area contributed by atoms with Crippen molar-refractivity contribution < 1.29 is 14.2 Å². The van der Waals surface area contributed by atoms with Gasteiger partial charge in [-0.2, -0.15) is 0 Å². The monoisotopic (exact) mass is 332 g/mol. The first-order valence-corrected chi connectivity index (χ1v) is 9.20. The number of hydrogen-bond acceptors (Lipinski definition) is 5. The largest absolute Gasteiger partial charge is 0.381 e. The Hall–Kier alpha value is -1.01. The minimum Gasteiger partial charge on any atom is -0.381 e. The fourth-order valence-electron chi connectivity index (χ4n) is 4.26. The molecule has 1 aromatic rings. The zero-order valence-corrected chi connectivity index (χ0v) is 14.6. The maximum atomic E-state index is 6.18. The Morgan fingerprint density at radius 2 is 2.04 bits per heavy atom. The standard InChI is InChI=1S/C19H28N2O3/c1-15-8-16(11-20-10-15)12-23-18-4-7-24-19(9-18)13-21(14-19)17-2-5-22-6-3-17/h8,10-11,17-18H,2-7,9,12-14H2,1H3/t18-/m1/s1. The quantitative estimate of drug-likeness (QED) is 0.847. The van der Waals surface area contributed by atoms with E-state index in [2.05, 4.69) is 22.9 Å². The molecule has 0 amide bonds. The average molecular weight is 332 g/mol. The first-order chi connectivity index (χ1) is 11.7. The van der Waals surface area contributed by atoms with Gasteiger partial charge in [0.25, 0.3) is 0 Å². The van der Waals surface area contributed by atoms with E-state index in [0.717, 1.165) is 64.2 Å². The van der Waals surface area contributed by atoms with Crippen LogP contribution in [0.15, 0.2) is 18.5 Å². The van der Waals surface area contributed by atoms with Gasteiger partial charge in [-0.15, -0.1) is 0 Å². The van der Waals surface area contributed by atoms with E-state index in [0.29, 0.717) is 18.8 Å². The maximum absolute atomic E-state index is 6.18. The molecule has 5 heteroatoms. The summed E-state index contributed by atoms with van der Waals surface area (Å²) in [6, 6.07) is 2.84. The lowest BCUT2D eigenvalue weighted by Crippen LogP contribution is -2.68. The highest BCUT2D eigenvalue weighted by atomic mass is 16.5. The number of nitrogens with zero attached hydrogens (tertiary/aromatic N) is 2. The van der Waals surface area contributed by atoms with Crippen LogP contribution >= 0.6 is 0 Å². The molecular weight excluding hydrogens is 304 g/mol. The molecule has 132 valence electrons. The highest BCUT2D eigenvalue weighted by Gasteiger charge is 2.49. The van der Waals surface area contributed by atoms with E-state index in [-0.39, 0.29) is 5.60 Å². The van der Waals surface area contributed by atoms with Crippen LogP contribution in [-0.2, 0) is 20.8 Å². The number of pyridine rings is 1. The van der Waals surface area contributed by atoms with Crippen LogP contribution in [0.5, 0.6) is 0 Å². The van der Waals surface area contributed by atoms with Gasteiger partial charge < -0.3 is 14.2 Å². The van der Waals surface area contributed by atoms with Crippen LogP contribution < -0.4 is 0 Å². The zero-order chi connectivity index (χ0) is 16.4. The lowest BCUT2D eigenvalue weighted by atomic mass is 9.82. The predicted molar refractivity (Wildman–Crippen MR) is 90.9 cm³/mol. The molecule has 1 atom stereocenters. The van der Waals surface area contributed by atoms with Gasteiger partial charge in [-0.1, -0.05) is 6.07 Å². The molecule has 0 unspecified atom stereocenters. The molecule has 3 aliphatic rings. The summed E-state index contributed by atoms with van der Waals surface area (Å²) >= 11 is 0. The Labute approximate surface area is 144 Å². The van der Waals surface area contributed by atoms with Crippen molar-refractivity contribution in [3.63, 3.8) is 0 Å². The van der Waals surface area contributed by atoms with E-state index in [9.17, 15) is 0 Å². The summed E-state index contributed by atoms with van der Waals surface area (Å²) in [5.74, 6) is 0. The fraction of sp³-hybridized carbons (Fsp3) is 0.737. The minimum atomic E-state index is 0.0338. The predicted octanol–water partition coefficient (Wildman–Crippen LogP) is 2.32. The third-order valence-corrected chi connectivity index (χ3v) is 5.55. The van der Waals surface area contributed by atoms with Gasteiger partial charge in [-0.05, 0) is 37.3 Å². The molecule has 0 N–H and O–H groups in total. The van der Waals surface area contributed by atoms with Crippen molar-refractivity contribution >= 4 is 0 Å². The van der Waals surface area contributed by atoms with Gasteiger partial charge in [-0.25, -0.2) is 0 Å².